The van der Waals surface area contributed by atoms with Gasteiger partial charge in [0.15, 0.2) is 0 Å². The summed E-state index contributed by atoms with van der Waals surface area (Å²) in [6.45, 7) is 0.179. The molecule has 0 bridgehead atoms. The molecule has 0 amide bonds. The molecule has 0 aromatic rings. The van der Waals surface area contributed by atoms with Gasteiger partial charge in [-0.1, -0.05) is 0 Å². The van der Waals surface area contributed by atoms with Gasteiger partial charge in [0.05, 0.1) is 13.0 Å². The number of hydrogen-bond acceptors (Lipinski definition) is 3. The van der Waals surface area contributed by atoms with Gasteiger partial charge in [0.1, 0.15) is 0 Å². The summed E-state index contributed by atoms with van der Waals surface area (Å²) >= 11 is 0. The Balaban J connectivity index is 2.18. The number of rotatable bonds is 3. The molecule has 2 atom stereocenters. The maximum Gasteiger partial charge on any atom is 0.308 e. The number of aliphatic hydroxyl groups is 1. The molecule has 1 aliphatic carbocycles. The van der Waals surface area contributed by atoms with E-state index in [2.05, 4.69) is 4.74 Å². The van der Waals surface area contributed by atoms with Crippen molar-refractivity contribution in [2.24, 2.45) is 11.8 Å². The fourth-order valence-electron chi connectivity index (χ4n) is 1.17. The van der Waals surface area contributed by atoms with E-state index in [9.17, 15) is 4.79 Å². The van der Waals surface area contributed by atoms with Gasteiger partial charge in [-0.05, 0) is 18.8 Å². The first kappa shape index (κ1) is 7.54. The Bertz CT molecular complexity index is 133. The molecule has 0 aliphatic heterocycles. The van der Waals surface area contributed by atoms with Gasteiger partial charge >= 0.3 is 5.97 Å². The molecule has 1 fully saturated rings. The van der Waals surface area contributed by atoms with Crippen molar-refractivity contribution in [2.75, 3.05) is 13.7 Å². The van der Waals surface area contributed by atoms with Gasteiger partial charge in [-0.25, -0.2) is 0 Å². The third-order valence-electron chi connectivity index (χ3n) is 1.93. The summed E-state index contributed by atoms with van der Waals surface area (Å²) in [6.07, 6.45) is 1.63. The highest BCUT2D eigenvalue weighted by Crippen LogP contribution is 2.41. The molecule has 10 heavy (non-hydrogen) atoms. The Morgan fingerprint density at radius 3 is 3.00 bits per heavy atom. The van der Waals surface area contributed by atoms with Crippen molar-refractivity contribution in [3.05, 3.63) is 0 Å². The molecule has 0 spiro atoms. The smallest absolute Gasteiger partial charge is 0.308 e. The largest absolute Gasteiger partial charge is 0.469 e. The Kier molecular flexibility index (Phi) is 2.27. The van der Waals surface area contributed by atoms with E-state index >= 15 is 0 Å². The van der Waals surface area contributed by atoms with Crippen molar-refractivity contribution >= 4 is 5.97 Å². The molecule has 1 saturated carbocycles. The number of carbonyl (C=O) groups is 1. The van der Waals surface area contributed by atoms with Crippen LogP contribution in [0.5, 0.6) is 0 Å². The zero-order valence-corrected chi connectivity index (χ0v) is 6.04. The Morgan fingerprint density at radius 1 is 1.80 bits per heavy atom. The van der Waals surface area contributed by atoms with E-state index in [1.165, 1.54) is 7.11 Å². The Morgan fingerprint density at radius 2 is 2.50 bits per heavy atom. The fraction of sp³-hybridized carbons (Fsp3) is 0.857. The number of ether oxygens (including phenoxy) is 1. The minimum Gasteiger partial charge on any atom is -0.469 e. The Hall–Kier alpha value is -0.570. The summed E-state index contributed by atoms with van der Waals surface area (Å²) in [7, 11) is 1.40. The zero-order valence-electron chi connectivity index (χ0n) is 6.04. The highest BCUT2D eigenvalue weighted by atomic mass is 16.5. The summed E-state index contributed by atoms with van der Waals surface area (Å²) in [6, 6.07) is 0. The first-order chi connectivity index (χ1) is 4.79. The molecule has 0 radical (unpaired) electrons. The number of hydrogen-bond donors (Lipinski definition) is 1. The monoisotopic (exact) mass is 144 g/mol. The predicted octanol–water partition coefficient (Wildman–Crippen LogP) is 0.178. The molecule has 0 heterocycles. The normalized spacial score (nSPS) is 29.8. The lowest BCUT2D eigenvalue weighted by Gasteiger charge is -1.94. The minimum absolute atomic E-state index is 0.0807. The minimum atomic E-state index is -0.126. The van der Waals surface area contributed by atoms with Crippen LogP contribution in [0.3, 0.4) is 0 Å². The van der Waals surface area contributed by atoms with Crippen LogP contribution in [0.15, 0.2) is 0 Å². The third-order valence-corrected chi connectivity index (χ3v) is 1.93. The summed E-state index contributed by atoms with van der Waals surface area (Å²) < 4.78 is 4.53. The highest BCUT2D eigenvalue weighted by Gasteiger charge is 2.42. The molecule has 0 saturated heterocycles. The SMILES string of the molecule is COC(=O)[C@@H]1C[C@@H]1CCO. The summed E-state index contributed by atoms with van der Waals surface area (Å²) in [4.78, 5) is 10.8. The first-order valence-electron chi connectivity index (χ1n) is 3.48. The van der Waals surface area contributed by atoms with Crippen LogP contribution >= 0.6 is 0 Å². The van der Waals surface area contributed by atoms with Crippen molar-refractivity contribution in [1.82, 2.24) is 0 Å². The van der Waals surface area contributed by atoms with Gasteiger partial charge in [0.25, 0.3) is 0 Å². The number of aliphatic hydroxyl groups excluding tert-OH is 1. The Labute approximate surface area is 60.0 Å². The van der Waals surface area contributed by atoms with E-state index in [0.717, 1.165) is 12.8 Å². The molecule has 58 valence electrons. The second kappa shape index (κ2) is 3.01. The maximum absolute atomic E-state index is 10.8. The third kappa shape index (κ3) is 1.48. The predicted molar refractivity (Wildman–Crippen MR) is 35.3 cm³/mol. The molecular weight excluding hydrogens is 132 g/mol. The molecule has 1 rings (SSSR count). The first-order valence-corrected chi connectivity index (χ1v) is 3.48. The lowest BCUT2D eigenvalue weighted by atomic mass is 10.2. The van der Waals surface area contributed by atoms with E-state index in [1.807, 2.05) is 0 Å². The van der Waals surface area contributed by atoms with Gasteiger partial charge in [0.2, 0.25) is 0 Å². The van der Waals surface area contributed by atoms with E-state index in [1.54, 1.807) is 0 Å². The van der Waals surface area contributed by atoms with Crippen LogP contribution in [0.1, 0.15) is 12.8 Å². The fourth-order valence-corrected chi connectivity index (χ4v) is 1.17. The van der Waals surface area contributed by atoms with Gasteiger partial charge in [-0.2, -0.15) is 0 Å². The molecule has 1 N–H and O–H groups in total. The summed E-state index contributed by atoms with van der Waals surface area (Å²) in [5.41, 5.74) is 0. The number of carbonyl (C=O) groups excluding carboxylic acids is 1. The topological polar surface area (TPSA) is 46.5 Å². The van der Waals surface area contributed by atoms with E-state index in [0.29, 0.717) is 5.92 Å². The van der Waals surface area contributed by atoms with Crippen molar-refractivity contribution in [3.8, 4) is 0 Å². The molecule has 0 unspecified atom stereocenters. The van der Waals surface area contributed by atoms with Gasteiger partial charge in [-0.3, -0.25) is 4.79 Å². The van der Waals surface area contributed by atoms with Gasteiger partial charge in [0, 0.05) is 6.61 Å². The van der Waals surface area contributed by atoms with Crippen LogP contribution in [0, 0.1) is 11.8 Å². The van der Waals surface area contributed by atoms with Gasteiger partial charge in [-0.15, -0.1) is 0 Å². The maximum atomic E-state index is 10.8. The quantitative estimate of drug-likeness (QED) is 0.575. The van der Waals surface area contributed by atoms with Crippen LogP contribution in [0.4, 0.5) is 0 Å². The second-order valence-corrected chi connectivity index (χ2v) is 2.64. The van der Waals surface area contributed by atoms with Crippen molar-refractivity contribution in [1.29, 1.82) is 0 Å². The highest BCUT2D eigenvalue weighted by molar-refractivity contribution is 5.75. The summed E-state index contributed by atoms with van der Waals surface area (Å²) in [5.74, 6) is 0.341. The lowest BCUT2D eigenvalue weighted by molar-refractivity contribution is -0.142. The average molecular weight is 144 g/mol. The molecule has 0 aromatic carbocycles. The number of methoxy groups -OCH3 is 1. The van der Waals surface area contributed by atoms with Crippen molar-refractivity contribution in [2.45, 2.75) is 12.8 Å². The zero-order chi connectivity index (χ0) is 7.56. The van der Waals surface area contributed by atoms with E-state index in [4.69, 9.17) is 5.11 Å². The van der Waals surface area contributed by atoms with Crippen LogP contribution in [0.2, 0.25) is 0 Å². The van der Waals surface area contributed by atoms with Crippen LogP contribution in [0.25, 0.3) is 0 Å². The molecular formula is C7H12O3. The summed E-state index contributed by atoms with van der Waals surface area (Å²) in [5, 5.41) is 8.50. The van der Waals surface area contributed by atoms with Crippen LogP contribution in [-0.4, -0.2) is 24.8 Å². The molecule has 3 nitrogen and oxygen atoms in total. The molecule has 1 aliphatic rings. The molecule has 0 aromatic heterocycles. The van der Waals surface area contributed by atoms with E-state index in [-0.39, 0.29) is 18.5 Å². The van der Waals surface area contributed by atoms with Crippen molar-refractivity contribution < 1.29 is 14.6 Å². The second-order valence-electron chi connectivity index (χ2n) is 2.64. The van der Waals surface area contributed by atoms with E-state index < -0.39 is 0 Å². The standard InChI is InChI=1S/C7H12O3/c1-10-7(9)6-4-5(6)2-3-8/h5-6,8H,2-4H2,1H3/t5-,6+/m0/s1. The molecule has 3 heteroatoms. The average Bonchev–Trinajstić information content (AvgIpc) is 2.67. The lowest BCUT2D eigenvalue weighted by Crippen LogP contribution is -2.04. The van der Waals surface area contributed by atoms with Crippen LogP contribution < -0.4 is 0 Å². The van der Waals surface area contributed by atoms with Gasteiger partial charge < -0.3 is 9.84 Å². The van der Waals surface area contributed by atoms with Crippen molar-refractivity contribution in [3.63, 3.8) is 0 Å². The number of esters is 1. The van der Waals surface area contributed by atoms with Crippen LogP contribution in [-0.2, 0) is 9.53 Å².